The number of carbonyl (C=O) groups is 1. The van der Waals surface area contributed by atoms with Crippen molar-refractivity contribution in [3.05, 3.63) is 82.4 Å². The molecule has 0 aliphatic heterocycles. The first-order valence-electron chi connectivity index (χ1n) is 7.26. The average Bonchev–Trinajstić information content (AvgIpc) is 2.58. The largest absolute Gasteiger partial charge is 0.354 e. The predicted molar refractivity (Wildman–Crippen MR) is 98.3 cm³/mol. The van der Waals surface area contributed by atoms with Crippen molar-refractivity contribution in [1.29, 1.82) is 0 Å². The van der Waals surface area contributed by atoms with Crippen molar-refractivity contribution in [3.8, 4) is 0 Å². The highest BCUT2D eigenvalue weighted by Crippen LogP contribution is 2.28. The molecule has 4 nitrogen and oxygen atoms in total. The molecule has 1 heterocycles. The van der Waals surface area contributed by atoms with Gasteiger partial charge in [-0.2, -0.15) is 0 Å². The Morgan fingerprint density at radius 1 is 1.00 bits per heavy atom. The molecule has 1 aromatic heterocycles. The number of carbonyl (C=O) groups excluding carboxylic acids is 1. The molecule has 126 valence electrons. The molecule has 0 bridgehead atoms. The lowest BCUT2D eigenvalue weighted by Gasteiger charge is -2.10. The van der Waals surface area contributed by atoms with E-state index in [0.29, 0.717) is 27.1 Å². The molecule has 0 spiro atoms. The van der Waals surface area contributed by atoms with Crippen LogP contribution in [0.15, 0.2) is 60.8 Å². The predicted octanol–water partition coefficient (Wildman–Crippen LogP) is 5.52. The van der Waals surface area contributed by atoms with Gasteiger partial charge in [0.1, 0.15) is 11.5 Å². The maximum absolute atomic E-state index is 13.2. The van der Waals surface area contributed by atoms with Crippen molar-refractivity contribution in [2.24, 2.45) is 0 Å². The van der Waals surface area contributed by atoms with Crippen LogP contribution in [0, 0.1) is 5.82 Å². The smallest absolute Gasteiger partial charge is 0.274 e. The van der Waals surface area contributed by atoms with Crippen molar-refractivity contribution in [1.82, 2.24) is 4.98 Å². The third kappa shape index (κ3) is 4.47. The quantitative estimate of drug-likeness (QED) is 0.630. The van der Waals surface area contributed by atoms with E-state index in [1.807, 2.05) is 0 Å². The number of nitrogens with zero attached hydrogens (tertiary/aromatic N) is 1. The monoisotopic (exact) mass is 375 g/mol. The molecule has 3 rings (SSSR count). The Balaban J connectivity index is 1.79. The number of anilines is 3. The summed E-state index contributed by atoms with van der Waals surface area (Å²) in [5.41, 5.74) is 1.75. The van der Waals surface area contributed by atoms with Gasteiger partial charge in [-0.25, -0.2) is 4.39 Å². The molecule has 0 fully saturated rings. The summed E-state index contributed by atoms with van der Waals surface area (Å²) < 4.78 is 13.2. The van der Waals surface area contributed by atoms with E-state index >= 15 is 0 Å². The SMILES string of the molecule is O=C(Nc1cccc(F)c1)c1cc(Nc2cc(Cl)ccc2Cl)ccn1. The molecule has 25 heavy (non-hydrogen) atoms. The Bertz CT molecular complexity index is 934. The van der Waals surface area contributed by atoms with Crippen LogP contribution < -0.4 is 10.6 Å². The van der Waals surface area contributed by atoms with Crippen LogP contribution in [0.2, 0.25) is 10.0 Å². The molecule has 0 unspecified atom stereocenters. The molecule has 0 aliphatic carbocycles. The number of pyridine rings is 1. The number of aromatic nitrogens is 1. The molecule has 0 atom stereocenters. The standard InChI is InChI=1S/C18H12Cl2FN3O/c19-11-4-5-15(20)16(8-11)23-14-6-7-22-17(10-14)18(25)24-13-3-1-2-12(21)9-13/h1-10H,(H,22,23)(H,24,25). The maximum atomic E-state index is 13.2. The number of hydrogen-bond donors (Lipinski definition) is 2. The molecular weight excluding hydrogens is 364 g/mol. The van der Waals surface area contributed by atoms with Gasteiger partial charge in [0, 0.05) is 22.6 Å². The summed E-state index contributed by atoms with van der Waals surface area (Å²) >= 11 is 12.1. The number of halogens is 3. The van der Waals surface area contributed by atoms with Gasteiger partial charge in [0.05, 0.1) is 10.7 Å². The zero-order valence-electron chi connectivity index (χ0n) is 12.8. The average molecular weight is 376 g/mol. The van der Waals surface area contributed by atoms with Gasteiger partial charge in [-0.1, -0.05) is 29.3 Å². The minimum atomic E-state index is -0.452. The number of amides is 1. The summed E-state index contributed by atoms with van der Waals surface area (Å²) in [6.07, 6.45) is 1.49. The van der Waals surface area contributed by atoms with E-state index in [1.165, 1.54) is 24.4 Å². The van der Waals surface area contributed by atoms with Gasteiger partial charge in [-0.05, 0) is 48.5 Å². The number of rotatable bonds is 4. The van der Waals surface area contributed by atoms with Crippen molar-refractivity contribution in [3.63, 3.8) is 0 Å². The summed E-state index contributed by atoms with van der Waals surface area (Å²) in [5, 5.41) is 6.70. The van der Waals surface area contributed by atoms with E-state index in [4.69, 9.17) is 23.2 Å². The lowest BCUT2D eigenvalue weighted by Crippen LogP contribution is -2.13. The fourth-order valence-corrected chi connectivity index (χ4v) is 2.48. The molecule has 2 aromatic carbocycles. The highest BCUT2D eigenvalue weighted by atomic mass is 35.5. The maximum Gasteiger partial charge on any atom is 0.274 e. The Morgan fingerprint density at radius 2 is 1.84 bits per heavy atom. The normalized spacial score (nSPS) is 10.4. The van der Waals surface area contributed by atoms with Gasteiger partial charge in [0.15, 0.2) is 0 Å². The topological polar surface area (TPSA) is 54.0 Å². The van der Waals surface area contributed by atoms with Gasteiger partial charge < -0.3 is 10.6 Å². The van der Waals surface area contributed by atoms with Crippen LogP contribution in [0.3, 0.4) is 0 Å². The van der Waals surface area contributed by atoms with Crippen LogP contribution in [0.5, 0.6) is 0 Å². The van der Waals surface area contributed by atoms with Crippen LogP contribution in [0.4, 0.5) is 21.5 Å². The van der Waals surface area contributed by atoms with Gasteiger partial charge in [0.25, 0.3) is 5.91 Å². The summed E-state index contributed by atoms with van der Waals surface area (Å²) in [6, 6.07) is 13.9. The minimum Gasteiger partial charge on any atom is -0.354 e. The van der Waals surface area contributed by atoms with Crippen molar-refractivity contribution in [2.45, 2.75) is 0 Å². The summed E-state index contributed by atoms with van der Waals surface area (Å²) in [7, 11) is 0. The second-order valence-corrected chi connectivity index (χ2v) is 5.99. The van der Waals surface area contributed by atoms with Gasteiger partial charge in [-0.15, -0.1) is 0 Å². The van der Waals surface area contributed by atoms with E-state index in [-0.39, 0.29) is 5.69 Å². The molecular formula is C18H12Cl2FN3O. The molecule has 2 N–H and O–H groups in total. The third-order valence-electron chi connectivity index (χ3n) is 3.28. The molecule has 0 saturated carbocycles. The van der Waals surface area contributed by atoms with E-state index in [9.17, 15) is 9.18 Å². The van der Waals surface area contributed by atoms with Crippen molar-refractivity contribution >= 4 is 46.2 Å². The molecule has 3 aromatic rings. The lowest BCUT2D eigenvalue weighted by molar-refractivity contribution is 0.102. The van der Waals surface area contributed by atoms with Gasteiger partial charge >= 0.3 is 0 Å². The number of hydrogen-bond acceptors (Lipinski definition) is 3. The van der Waals surface area contributed by atoms with E-state index in [0.717, 1.165) is 0 Å². The van der Waals surface area contributed by atoms with Crippen molar-refractivity contribution < 1.29 is 9.18 Å². The molecule has 1 amide bonds. The van der Waals surface area contributed by atoms with Crippen molar-refractivity contribution in [2.75, 3.05) is 10.6 Å². The fourth-order valence-electron chi connectivity index (χ4n) is 2.14. The first-order chi connectivity index (χ1) is 12.0. The number of benzene rings is 2. The first kappa shape index (κ1) is 17.2. The second kappa shape index (κ2) is 7.51. The fraction of sp³-hybridized carbons (Fsp3) is 0. The second-order valence-electron chi connectivity index (χ2n) is 5.14. The first-order valence-corrected chi connectivity index (χ1v) is 8.02. The third-order valence-corrected chi connectivity index (χ3v) is 3.85. The Morgan fingerprint density at radius 3 is 2.64 bits per heavy atom. The molecule has 7 heteroatoms. The molecule has 0 radical (unpaired) electrons. The Labute approximate surface area is 153 Å². The van der Waals surface area contributed by atoms with Crippen LogP contribution in [0.25, 0.3) is 0 Å². The van der Waals surface area contributed by atoms with Crippen LogP contribution in [0.1, 0.15) is 10.5 Å². The van der Waals surface area contributed by atoms with E-state index in [1.54, 1.807) is 36.4 Å². The minimum absolute atomic E-state index is 0.174. The summed E-state index contributed by atoms with van der Waals surface area (Å²) in [4.78, 5) is 16.3. The molecule has 0 saturated heterocycles. The highest BCUT2D eigenvalue weighted by molar-refractivity contribution is 6.35. The Kier molecular flexibility index (Phi) is 5.16. The zero-order chi connectivity index (χ0) is 17.8. The van der Waals surface area contributed by atoms with E-state index in [2.05, 4.69) is 15.6 Å². The van der Waals surface area contributed by atoms with E-state index < -0.39 is 11.7 Å². The van der Waals surface area contributed by atoms with Gasteiger partial charge in [0.2, 0.25) is 0 Å². The van der Waals surface area contributed by atoms with Crippen LogP contribution in [-0.4, -0.2) is 10.9 Å². The number of nitrogens with one attached hydrogen (secondary N) is 2. The molecule has 0 aliphatic rings. The van der Waals surface area contributed by atoms with Crippen LogP contribution >= 0.6 is 23.2 Å². The Hall–Kier alpha value is -2.63. The highest BCUT2D eigenvalue weighted by Gasteiger charge is 2.10. The van der Waals surface area contributed by atoms with Crippen LogP contribution in [-0.2, 0) is 0 Å². The lowest BCUT2D eigenvalue weighted by atomic mass is 10.2. The zero-order valence-corrected chi connectivity index (χ0v) is 14.3. The van der Waals surface area contributed by atoms with Gasteiger partial charge in [-0.3, -0.25) is 9.78 Å². The summed E-state index contributed by atoms with van der Waals surface area (Å²) in [5.74, 6) is -0.886. The summed E-state index contributed by atoms with van der Waals surface area (Å²) in [6.45, 7) is 0.